The zero-order valence-corrected chi connectivity index (χ0v) is 15.5. The standard InChI is InChI=1S/C18H22NO2PS/c1-4-19(5-2,6-3)16-12-9-11-15-14-10-7-8-13-17(14)21-22(20,23)18(15)16/h7-13H,4-6H2,1-3H3/p+1. The van der Waals surface area contributed by atoms with E-state index < -0.39 is 6.49 Å². The predicted octanol–water partition coefficient (Wildman–Crippen LogP) is 4.04. The van der Waals surface area contributed by atoms with Crippen LogP contribution in [0.2, 0.25) is 0 Å². The van der Waals surface area contributed by atoms with Crippen LogP contribution >= 0.6 is 6.49 Å². The van der Waals surface area contributed by atoms with Crippen molar-refractivity contribution in [3.8, 4) is 16.9 Å². The maximum absolute atomic E-state index is 11.0. The minimum Gasteiger partial charge on any atom is -0.439 e. The number of para-hydroxylation sites is 1. The molecule has 1 N–H and O–H groups in total. The molecule has 0 aliphatic carbocycles. The highest BCUT2D eigenvalue weighted by Crippen LogP contribution is 2.54. The molecule has 1 heterocycles. The molecule has 122 valence electrons. The lowest BCUT2D eigenvalue weighted by Crippen LogP contribution is -2.51. The van der Waals surface area contributed by atoms with Crippen molar-refractivity contribution in [1.82, 2.24) is 4.48 Å². The molecule has 2 aromatic rings. The Morgan fingerprint density at radius 2 is 1.57 bits per heavy atom. The fourth-order valence-corrected chi connectivity index (χ4v) is 5.97. The van der Waals surface area contributed by atoms with Gasteiger partial charge >= 0.3 is 0 Å². The SMILES string of the molecule is CC[N+](CC)(CC)c1cccc2c1P(O)(=S)Oc1ccccc1-2. The van der Waals surface area contributed by atoms with Crippen LogP contribution < -0.4 is 14.3 Å². The van der Waals surface area contributed by atoms with Crippen LogP contribution in [0, 0.1) is 0 Å². The van der Waals surface area contributed by atoms with Crippen molar-refractivity contribution in [3.05, 3.63) is 42.5 Å². The quantitative estimate of drug-likeness (QED) is 0.668. The second-order valence-electron chi connectivity index (χ2n) is 5.88. The van der Waals surface area contributed by atoms with Gasteiger partial charge < -0.3 is 9.42 Å². The number of fused-ring (bicyclic) bond motifs is 3. The number of hydrogen-bond donors (Lipinski definition) is 1. The summed E-state index contributed by atoms with van der Waals surface area (Å²) in [5.74, 6) is 0.686. The molecule has 23 heavy (non-hydrogen) atoms. The second kappa shape index (κ2) is 6.03. The fourth-order valence-electron chi connectivity index (χ4n) is 3.56. The van der Waals surface area contributed by atoms with E-state index in [2.05, 4.69) is 32.9 Å². The normalized spacial score (nSPS) is 19.7. The summed E-state index contributed by atoms with van der Waals surface area (Å²) in [7, 11) is 0. The predicted molar refractivity (Wildman–Crippen MR) is 102 cm³/mol. The van der Waals surface area contributed by atoms with Crippen LogP contribution in [0.4, 0.5) is 5.69 Å². The second-order valence-corrected chi connectivity index (χ2v) is 9.03. The summed E-state index contributed by atoms with van der Waals surface area (Å²) < 4.78 is 6.69. The van der Waals surface area contributed by atoms with Gasteiger partial charge in [0.25, 0.3) is 6.49 Å². The van der Waals surface area contributed by atoms with E-state index in [4.69, 9.17) is 16.3 Å². The highest BCUT2D eigenvalue weighted by Gasteiger charge is 2.39. The molecule has 3 nitrogen and oxygen atoms in total. The third-order valence-electron chi connectivity index (χ3n) is 5.02. The van der Waals surface area contributed by atoms with Gasteiger partial charge in [0.05, 0.1) is 19.6 Å². The molecule has 1 aliphatic rings. The lowest BCUT2D eigenvalue weighted by atomic mass is 10.0. The zero-order valence-electron chi connectivity index (χ0n) is 13.8. The van der Waals surface area contributed by atoms with Crippen molar-refractivity contribution in [2.24, 2.45) is 0 Å². The number of hydrogen-bond acceptors (Lipinski definition) is 2. The van der Waals surface area contributed by atoms with Crippen LogP contribution in [0.25, 0.3) is 11.1 Å². The van der Waals surface area contributed by atoms with E-state index in [0.29, 0.717) is 5.75 Å². The van der Waals surface area contributed by atoms with Crippen molar-refractivity contribution < 1.29 is 9.42 Å². The van der Waals surface area contributed by atoms with Gasteiger partial charge in [-0.15, -0.1) is 0 Å². The number of rotatable bonds is 4. The van der Waals surface area contributed by atoms with E-state index in [1.807, 2.05) is 30.3 Å². The van der Waals surface area contributed by atoms with Gasteiger partial charge in [-0.2, -0.15) is 0 Å². The Hall–Kier alpha value is -1.19. The van der Waals surface area contributed by atoms with Gasteiger partial charge in [-0.05, 0) is 38.6 Å². The van der Waals surface area contributed by atoms with Gasteiger partial charge in [-0.1, -0.05) is 30.3 Å². The molecule has 1 aliphatic heterocycles. The first-order valence-electron chi connectivity index (χ1n) is 8.11. The minimum atomic E-state index is -3.06. The van der Waals surface area contributed by atoms with Crippen LogP contribution in [0.3, 0.4) is 0 Å². The summed E-state index contributed by atoms with van der Waals surface area (Å²) >= 11 is 5.56. The Morgan fingerprint density at radius 3 is 2.22 bits per heavy atom. The van der Waals surface area contributed by atoms with Crippen LogP contribution in [0.5, 0.6) is 5.75 Å². The van der Waals surface area contributed by atoms with Crippen molar-refractivity contribution in [3.63, 3.8) is 0 Å². The first kappa shape index (κ1) is 16.7. The Morgan fingerprint density at radius 1 is 0.957 bits per heavy atom. The average molecular weight is 348 g/mol. The van der Waals surface area contributed by atoms with Gasteiger partial charge in [0.1, 0.15) is 16.7 Å². The maximum Gasteiger partial charge on any atom is 0.273 e. The summed E-state index contributed by atoms with van der Waals surface area (Å²) in [4.78, 5) is 11.0. The topological polar surface area (TPSA) is 29.5 Å². The Labute approximate surface area is 143 Å². The van der Waals surface area contributed by atoms with Crippen molar-refractivity contribution in [2.45, 2.75) is 20.8 Å². The molecule has 0 amide bonds. The summed E-state index contributed by atoms with van der Waals surface area (Å²) in [6.07, 6.45) is 0. The fraction of sp³-hybridized carbons (Fsp3) is 0.333. The van der Waals surface area contributed by atoms with Crippen LogP contribution in [-0.2, 0) is 11.8 Å². The smallest absolute Gasteiger partial charge is 0.273 e. The van der Waals surface area contributed by atoms with E-state index in [0.717, 1.165) is 46.2 Å². The van der Waals surface area contributed by atoms with E-state index in [1.54, 1.807) is 0 Å². The lowest BCUT2D eigenvalue weighted by Gasteiger charge is -2.39. The summed E-state index contributed by atoms with van der Waals surface area (Å²) in [6.45, 7) is 6.37. The lowest BCUT2D eigenvalue weighted by molar-refractivity contribution is 0.317. The van der Waals surface area contributed by atoms with Crippen molar-refractivity contribution >= 4 is 29.3 Å². The van der Waals surface area contributed by atoms with E-state index in [1.165, 1.54) is 0 Å². The first-order valence-corrected chi connectivity index (χ1v) is 10.8. The number of nitrogens with zero attached hydrogens (tertiary/aromatic N) is 1. The Bertz CT molecular complexity index is 778. The summed E-state index contributed by atoms with van der Waals surface area (Å²) in [5, 5.41) is 0.833. The third-order valence-corrected chi connectivity index (χ3v) is 7.27. The van der Waals surface area contributed by atoms with Crippen LogP contribution in [0.15, 0.2) is 42.5 Å². The van der Waals surface area contributed by atoms with Gasteiger partial charge in [-0.3, -0.25) is 4.48 Å². The molecule has 3 rings (SSSR count). The molecular weight excluding hydrogens is 325 g/mol. The minimum absolute atomic E-state index is 0.686. The molecule has 0 aromatic heterocycles. The molecule has 0 bridgehead atoms. The summed E-state index contributed by atoms with van der Waals surface area (Å²) in [6, 6.07) is 14.0. The molecule has 0 saturated carbocycles. The van der Waals surface area contributed by atoms with Crippen molar-refractivity contribution in [1.29, 1.82) is 0 Å². The zero-order chi connectivity index (χ0) is 16.7. The monoisotopic (exact) mass is 348 g/mol. The highest BCUT2D eigenvalue weighted by atomic mass is 32.5. The molecule has 2 aromatic carbocycles. The Kier molecular flexibility index (Phi) is 4.37. The van der Waals surface area contributed by atoms with Gasteiger partial charge in [0.15, 0.2) is 0 Å². The summed E-state index contributed by atoms with van der Waals surface area (Å²) in [5.41, 5.74) is 3.14. The molecule has 5 heteroatoms. The molecule has 0 saturated heterocycles. The highest BCUT2D eigenvalue weighted by molar-refractivity contribution is 8.13. The van der Waals surface area contributed by atoms with E-state index >= 15 is 0 Å². The largest absolute Gasteiger partial charge is 0.439 e. The van der Waals surface area contributed by atoms with Gasteiger partial charge in [0.2, 0.25) is 0 Å². The molecule has 0 radical (unpaired) electrons. The third kappa shape index (κ3) is 2.54. The maximum atomic E-state index is 11.0. The molecule has 0 fully saturated rings. The van der Waals surface area contributed by atoms with Crippen molar-refractivity contribution in [2.75, 3.05) is 19.6 Å². The van der Waals surface area contributed by atoms with Crippen LogP contribution in [-0.4, -0.2) is 24.5 Å². The average Bonchev–Trinajstić information content (AvgIpc) is 2.56. The Balaban J connectivity index is 2.36. The van der Waals surface area contributed by atoms with Crippen LogP contribution in [0.1, 0.15) is 20.8 Å². The van der Waals surface area contributed by atoms with E-state index in [9.17, 15) is 4.89 Å². The van der Waals surface area contributed by atoms with E-state index in [-0.39, 0.29) is 0 Å². The van der Waals surface area contributed by atoms with Gasteiger partial charge in [-0.25, -0.2) is 0 Å². The van der Waals surface area contributed by atoms with Gasteiger partial charge in [0, 0.05) is 17.2 Å². The molecular formula is C18H23NO2PS+. The molecule has 0 spiro atoms. The molecule has 1 atom stereocenters. The number of quaternary nitrogens is 1. The first-order chi connectivity index (χ1) is 11.0. The number of benzene rings is 2. The molecule has 1 unspecified atom stereocenters.